The second kappa shape index (κ2) is 4.85. The highest BCUT2D eigenvalue weighted by Gasteiger charge is 2.09. The second-order valence-corrected chi connectivity index (χ2v) is 5.06. The summed E-state index contributed by atoms with van der Waals surface area (Å²) in [6.45, 7) is 2.09. The average molecular weight is 271 g/mol. The van der Waals surface area contributed by atoms with Crippen LogP contribution < -0.4 is 10.5 Å². The largest absolute Gasteiger partial charge is 0.435 e. The lowest BCUT2D eigenvalue weighted by molar-refractivity contribution is 0.471. The number of rotatable bonds is 3. The van der Waals surface area contributed by atoms with Crippen LogP contribution in [0.2, 0.25) is 0 Å². The maximum Gasteiger partial charge on any atom is 0.240 e. The molecule has 2 aromatic heterocycles. The van der Waals surface area contributed by atoms with Crippen molar-refractivity contribution in [2.24, 2.45) is 0 Å². The van der Waals surface area contributed by atoms with Crippen molar-refractivity contribution >= 4 is 27.2 Å². The minimum Gasteiger partial charge on any atom is -0.435 e. The van der Waals surface area contributed by atoms with E-state index in [2.05, 4.69) is 16.9 Å². The third-order valence-corrected chi connectivity index (χ3v) is 3.79. The van der Waals surface area contributed by atoms with E-state index in [9.17, 15) is 0 Å². The molecular weight excluding hydrogens is 258 g/mol. The molecule has 0 aliphatic rings. The van der Waals surface area contributed by atoms with E-state index in [1.54, 1.807) is 11.3 Å². The molecule has 0 atom stereocenters. The minimum absolute atomic E-state index is 0.552. The fraction of sp³-hybridized carbons (Fsp3) is 0.143. The van der Waals surface area contributed by atoms with Gasteiger partial charge in [0.2, 0.25) is 5.88 Å². The second-order valence-electron chi connectivity index (χ2n) is 4.14. The van der Waals surface area contributed by atoms with E-state index in [0.717, 1.165) is 16.6 Å². The number of aromatic nitrogens is 2. The Morgan fingerprint density at radius 1 is 1.26 bits per heavy atom. The summed E-state index contributed by atoms with van der Waals surface area (Å²) in [5.41, 5.74) is 8.70. The molecule has 0 saturated carbocycles. The molecular formula is C14H13N3OS. The molecule has 0 aliphatic carbocycles. The summed E-state index contributed by atoms with van der Waals surface area (Å²) in [6, 6.07) is 7.77. The smallest absolute Gasteiger partial charge is 0.240 e. The van der Waals surface area contributed by atoms with Crippen molar-refractivity contribution in [1.29, 1.82) is 0 Å². The zero-order valence-electron chi connectivity index (χ0n) is 10.5. The van der Waals surface area contributed by atoms with Gasteiger partial charge in [0.25, 0.3) is 0 Å². The third kappa shape index (κ3) is 2.24. The molecule has 19 heavy (non-hydrogen) atoms. The highest BCUT2D eigenvalue weighted by Crippen LogP contribution is 2.33. The Labute approximate surface area is 114 Å². The van der Waals surface area contributed by atoms with Gasteiger partial charge in [-0.15, -0.1) is 11.3 Å². The van der Waals surface area contributed by atoms with Crippen LogP contribution in [0.3, 0.4) is 0 Å². The van der Waals surface area contributed by atoms with Gasteiger partial charge in [0, 0.05) is 0 Å². The lowest BCUT2D eigenvalue weighted by atomic mass is 10.1. The van der Waals surface area contributed by atoms with Crippen LogP contribution in [0.15, 0.2) is 36.0 Å². The fourth-order valence-corrected chi connectivity index (χ4v) is 2.62. The molecule has 0 spiro atoms. The van der Waals surface area contributed by atoms with E-state index >= 15 is 0 Å². The molecule has 0 bridgehead atoms. The number of nitrogens with two attached hydrogens (primary N) is 1. The van der Waals surface area contributed by atoms with Gasteiger partial charge in [-0.1, -0.05) is 13.0 Å². The third-order valence-electron chi connectivity index (χ3n) is 2.90. The maximum atomic E-state index is 6.00. The first-order valence-corrected chi connectivity index (χ1v) is 6.90. The van der Waals surface area contributed by atoms with Crippen molar-refractivity contribution in [2.45, 2.75) is 13.3 Å². The first kappa shape index (κ1) is 11.9. The Morgan fingerprint density at radius 2 is 2.16 bits per heavy atom. The number of nitrogens with zero attached hydrogens (tertiary/aromatic N) is 2. The highest BCUT2D eigenvalue weighted by molar-refractivity contribution is 7.17. The Morgan fingerprint density at radius 3 is 2.95 bits per heavy atom. The van der Waals surface area contributed by atoms with E-state index in [-0.39, 0.29) is 0 Å². The average Bonchev–Trinajstić information content (AvgIpc) is 2.90. The maximum absolute atomic E-state index is 6.00. The van der Waals surface area contributed by atoms with E-state index in [1.165, 1.54) is 11.9 Å². The summed E-state index contributed by atoms with van der Waals surface area (Å²) in [5, 5.41) is 1.97. The van der Waals surface area contributed by atoms with E-state index in [1.807, 2.05) is 29.6 Å². The zero-order chi connectivity index (χ0) is 13.2. The van der Waals surface area contributed by atoms with Gasteiger partial charge in [0.15, 0.2) is 5.75 Å². The van der Waals surface area contributed by atoms with Gasteiger partial charge in [-0.25, -0.2) is 9.97 Å². The van der Waals surface area contributed by atoms with Crippen LogP contribution >= 0.6 is 11.3 Å². The van der Waals surface area contributed by atoms with Crippen molar-refractivity contribution in [1.82, 2.24) is 9.97 Å². The summed E-state index contributed by atoms with van der Waals surface area (Å²) in [4.78, 5) is 8.36. The van der Waals surface area contributed by atoms with Gasteiger partial charge in [-0.3, -0.25) is 0 Å². The van der Waals surface area contributed by atoms with E-state index in [4.69, 9.17) is 10.5 Å². The molecule has 96 valence electrons. The molecule has 0 aliphatic heterocycles. The number of anilines is 1. The van der Waals surface area contributed by atoms with Crippen LogP contribution in [-0.2, 0) is 6.42 Å². The van der Waals surface area contributed by atoms with Gasteiger partial charge < -0.3 is 10.5 Å². The number of nitrogen functional groups attached to an aromatic ring is 1. The first-order valence-electron chi connectivity index (χ1n) is 6.02. The van der Waals surface area contributed by atoms with Gasteiger partial charge in [0.1, 0.15) is 11.0 Å². The van der Waals surface area contributed by atoms with Gasteiger partial charge in [-0.2, -0.15) is 0 Å². The predicted octanol–water partition coefficient (Wildman–Crippen LogP) is 3.63. The summed E-state index contributed by atoms with van der Waals surface area (Å²) in [6.07, 6.45) is 2.45. The molecule has 5 heteroatoms. The molecule has 2 N–H and O–H groups in total. The number of benzene rings is 1. The molecule has 3 aromatic rings. The fourth-order valence-electron chi connectivity index (χ4n) is 1.85. The van der Waals surface area contributed by atoms with E-state index in [0.29, 0.717) is 17.3 Å². The van der Waals surface area contributed by atoms with Gasteiger partial charge in [-0.05, 0) is 35.6 Å². The normalized spacial score (nSPS) is 10.8. The quantitative estimate of drug-likeness (QED) is 0.739. The molecule has 0 saturated heterocycles. The van der Waals surface area contributed by atoms with Crippen LogP contribution in [0.5, 0.6) is 11.6 Å². The van der Waals surface area contributed by atoms with Crippen LogP contribution in [-0.4, -0.2) is 9.97 Å². The Kier molecular flexibility index (Phi) is 3.05. The standard InChI is InChI=1S/C14H13N3OS/c1-2-9-3-4-12(10(15)7-9)18-14-13-11(5-6-19-13)16-8-17-14/h3-8H,2,15H2,1H3. The van der Waals surface area contributed by atoms with Crippen molar-refractivity contribution in [3.05, 3.63) is 41.5 Å². The summed E-state index contributed by atoms with van der Waals surface area (Å²) in [7, 11) is 0. The molecule has 0 radical (unpaired) electrons. The Hall–Kier alpha value is -2.14. The topological polar surface area (TPSA) is 61.0 Å². The van der Waals surface area contributed by atoms with Crippen molar-refractivity contribution in [2.75, 3.05) is 5.73 Å². The molecule has 1 aromatic carbocycles. The Balaban J connectivity index is 1.99. The monoisotopic (exact) mass is 271 g/mol. The van der Waals surface area contributed by atoms with Gasteiger partial charge in [0.05, 0.1) is 11.2 Å². The summed E-state index contributed by atoms with van der Waals surface area (Å²) < 4.78 is 6.75. The highest BCUT2D eigenvalue weighted by atomic mass is 32.1. The lowest BCUT2D eigenvalue weighted by Gasteiger charge is -2.09. The molecule has 0 fully saturated rings. The SMILES string of the molecule is CCc1ccc(Oc2ncnc3ccsc23)c(N)c1. The number of hydrogen-bond acceptors (Lipinski definition) is 5. The number of ether oxygens (including phenoxy) is 1. The van der Waals surface area contributed by atoms with Crippen LogP contribution in [0.25, 0.3) is 10.2 Å². The number of hydrogen-bond donors (Lipinski definition) is 1. The minimum atomic E-state index is 0.552. The predicted molar refractivity (Wildman–Crippen MR) is 77.7 cm³/mol. The van der Waals surface area contributed by atoms with Crippen LogP contribution in [0, 0.1) is 0 Å². The van der Waals surface area contributed by atoms with Crippen molar-refractivity contribution in [3.63, 3.8) is 0 Å². The van der Waals surface area contributed by atoms with Crippen molar-refractivity contribution < 1.29 is 4.74 Å². The van der Waals surface area contributed by atoms with Crippen molar-refractivity contribution in [3.8, 4) is 11.6 Å². The van der Waals surface area contributed by atoms with Crippen LogP contribution in [0.1, 0.15) is 12.5 Å². The number of thiophene rings is 1. The first-order chi connectivity index (χ1) is 9.28. The lowest BCUT2D eigenvalue weighted by Crippen LogP contribution is -1.95. The van der Waals surface area contributed by atoms with Gasteiger partial charge >= 0.3 is 0 Å². The zero-order valence-corrected chi connectivity index (χ0v) is 11.3. The number of fused-ring (bicyclic) bond motifs is 1. The summed E-state index contributed by atoms with van der Waals surface area (Å²) >= 11 is 1.56. The molecule has 3 rings (SSSR count). The molecule has 0 unspecified atom stereocenters. The Bertz CT molecular complexity index is 724. The number of aryl methyl sites for hydroxylation is 1. The molecule has 2 heterocycles. The molecule has 0 amide bonds. The van der Waals surface area contributed by atoms with Crippen LogP contribution in [0.4, 0.5) is 5.69 Å². The van der Waals surface area contributed by atoms with E-state index < -0.39 is 0 Å². The molecule has 4 nitrogen and oxygen atoms in total. The summed E-state index contributed by atoms with van der Waals surface area (Å²) in [5.74, 6) is 1.18.